The Bertz CT molecular complexity index is 1470. The quantitative estimate of drug-likeness (QED) is 0.147. The normalized spacial score (nSPS) is 16.4. The van der Waals surface area contributed by atoms with Crippen LogP contribution in [-0.2, 0) is 11.3 Å². The number of anilines is 1. The largest absolute Gasteiger partial charge is 0.373 e. The molecule has 1 saturated heterocycles. The van der Waals surface area contributed by atoms with Crippen LogP contribution in [0.5, 0.6) is 0 Å². The SMILES string of the molecule is N=NC(=N)c1ccc2nc(N3CCC(OCc4c(-c5c(F)cccc5Cl)noc4C4CC4)CC3)sc2c1. The van der Waals surface area contributed by atoms with Crippen molar-refractivity contribution in [2.24, 2.45) is 5.11 Å². The zero-order valence-corrected chi connectivity index (χ0v) is 21.4. The second kappa shape index (κ2) is 9.92. The molecule has 6 rings (SSSR count). The minimum absolute atomic E-state index is 0.0577. The molecule has 0 unspecified atom stereocenters. The van der Waals surface area contributed by atoms with E-state index in [0.29, 0.717) is 28.8 Å². The van der Waals surface area contributed by atoms with Crippen LogP contribution in [0.1, 0.15) is 48.5 Å². The summed E-state index contributed by atoms with van der Waals surface area (Å²) in [5.74, 6) is 0.608. The maximum absolute atomic E-state index is 14.7. The molecular formula is C26H24ClFN6O2S. The fourth-order valence-electron chi connectivity index (χ4n) is 4.72. The number of aromatic nitrogens is 2. The van der Waals surface area contributed by atoms with Gasteiger partial charge in [0.25, 0.3) is 0 Å². The Labute approximate surface area is 221 Å². The van der Waals surface area contributed by atoms with Crippen molar-refractivity contribution in [1.29, 1.82) is 10.9 Å². The second-order valence-electron chi connectivity index (χ2n) is 9.38. The Kier molecular flexibility index (Phi) is 6.48. The number of nitrogens with one attached hydrogen (secondary N) is 2. The first-order chi connectivity index (χ1) is 18.0. The summed E-state index contributed by atoms with van der Waals surface area (Å²) in [4.78, 5) is 7.01. The monoisotopic (exact) mass is 538 g/mol. The summed E-state index contributed by atoms with van der Waals surface area (Å²) in [5.41, 5.74) is 10.0. The topological polar surface area (TPSA) is 111 Å². The number of piperidine rings is 1. The van der Waals surface area contributed by atoms with E-state index < -0.39 is 5.82 Å². The van der Waals surface area contributed by atoms with Gasteiger partial charge in [0, 0.05) is 30.1 Å². The average molecular weight is 539 g/mol. The van der Waals surface area contributed by atoms with E-state index in [-0.39, 0.29) is 17.5 Å². The molecule has 190 valence electrons. The number of benzene rings is 2. The zero-order valence-electron chi connectivity index (χ0n) is 19.8. The Morgan fingerprint density at radius 3 is 2.76 bits per heavy atom. The van der Waals surface area contributed by atoms with E-state index in [4.69, 9.17) is 36.8 Å². The van der Waals surface area contributed by atoms with Gasteiger partial charge in [-0.2, -0.15) is 0 Å². The lowest BCUT2D eigenvalue weighted by Crippen LogP contribution is -2.37. The molecule has 0 spiro atoms. The lowest BCUT2D eigenvalue weighted by molar-refractivity contribution is 0.0246. The maximum Gasteiger partial charge on any atom is 0.186 e. The fourth-order valence-corrected chi connectivity index (χ4v) is 6.03. The fraction of sp³-hybridized carbons (Fsp3) is 0.346. The number of hydrogen-bond donors (Lipinski definition) is 2. The molecule has 0 radical (unpaired) electrons. The van der Waals surface area contributed by atoms with Crippen molar-refractivity contribution in [2.45, 2.75) is 44.3 Å². The molecule has 11 heteroatoms. The van der Waals surface area contributed by atoms with Gasteiger partial charge < -0.3 is 14.2 Å². The Balaban J connectivity index is 1.14. The number of amidine groups is 1. The molecule has 2 N–H and O–H groups in total. The van der Waals surface area contributed by atoms with Crippen LogP contribution in [0.15, 0.2) is 46.0 Å². The van der Waals surface area contributed by atoms with Gasteiger partial charge in [-0.25, -0.2) is 14.9 Å². The van der Waals surface area contributed by atoms with Crippen molar-refractivity contribution in [2.75, 3.05) is 18.0 Å². The number of thiazole rings is 1. The number of ether oxygens (including phenoxy) is 1. The van der Waals surface area contributed by atoms with E-state index in [1.54, 1.807) is 29.5 Å². The lowest BCUT2D eigenvalue weighted by Gasteiger charge is -2.31. The Morgan fingerprint density at radius 2 is 2.03 bits per heavy atom. The van der Waals surface area contributed by atoms with Crippen molar-refractivity contribution in [3.05, 3.63) is 64.1 Å². The third kappa shape index (κ3) is 4.76. The molecule has 1 aliphatic heterocycles. The molecule has 0 bridgehead atoms. The standard InChI is InChI=1S/C26H24ClFN6O2S/c27-18-2-1-3-19(28)22(18)23-17(24(36-33-23)14-4-5-14)13-35-16-8-10-34(11-9-16)26-31-20-7-6-15(25(29)32-30)12-21(20)37-26/h1-3,6-7,12,14,16,29-30H,4-5,8-11,13H2. The molecule has 1 saturated carbocycles. The van der Waals surface area contributed by atoms with Crippen LogP contribution in [0.3, 0.4) is 0 Å². The lowest BCUT2D eigenvalue weighted by atomic mass is 10.0. The van der Waals surface area contributed by atoms with Gasteiger partial charge in [-0.3, -0.25) is 5.41 Å². The minimum Gasteiger partial charge on any atom is -0.373 e. The molecule has 1 aliphatic carbocycles. The van der Waals surface area contributed by atoms with Crippen LogP contribution < -0.4 is 4.90 Å². The van der Waals surface area contributed by atoms with Crippen molar-refractivity contribution in [1.82, 2.24) is 10.1 Å². The summed E-state index contributed by atoms with van der Waals surface area (Å²) in [6, 6.07) is 10.1. The predicted molar refractivity (Wildman–Crippen MR) is 141 cm³/mol. The van der Waals surface area contributed by atoms with Crippen molar-refractivity contribution < 1.29 is 13.7 Å². The summed E-state index contributed by atoms with van der Waals surface area (Å²) in [7, 11) is 0. The van der Waals surface area contributed by atoms with Gasteiger partial charge in [0.05, 0.1) is 33.5 Å². The van der Waals surface area contributed by atoms with Gasteiger partial charge >= 0.3 is 0 Å². The number of hydrogen-bond acceptors (Lipinski definition) is 8. The van der Waals surface area contributed by atoms with Crippen molar-refractivity contribution in [3.8, 4) is 11.3 Å². The highest BCUT2D eigenvalue weighted by Gasteiger charge is 2.34. The summed E-state index contributed by atoms with van der Waals surface area (Å²) in [6.07, 6.45) is 3.80. The highest BCUT2D eigenvalue weighted by molar-refractivity contribution is 7.22. The third-order valence-corrected chi connectivity index (χ3v) is 8.30. The van der Waals surface area contributed by atoms with Gasteiger partial charge in [0.1, 0.15) is 17.3 Å². The Hall–Kier alpha value is -3.21. The molecule has 2 aromatic carbocycles. The van der Waals surface area contributed by atoms with Crippen LogP contribution in [0.4, 0.5) is 9.52 Å². The Morgan fingerprint density at radius 1 is 1.22 bits per heavy atom. The molecule has 2 fully saturated rings. The first kappa shape index (κ1) is 24.1. The van der Waals surface area contributed by atoms with Gasteiger partial charge in [-0.05, 0) is 56.0 Å². The molecule has 8 nitrogen and oxygen atoms in total. The highest BCUT2D eigenvalue weighted by atomic mass is 35.5. The molecule has 2 aliphatic rings. The molecule has 4 aromatic rings. The van der Waals surface area contributed by atoms with Crippen LogP contribution in [0.2, 0.25) is 5.02 Å². The molecule has 3 heterocycles. The van der Waals surface area contributed by atoms with Crippen molar-refractivity contribution in [3.63, 3.8) is 0 Å². The summed E-state index contributed by atoms with van der Waals surface area (Å²) in [6.45, 7) is 1.91. The minimum atomic E-state index is -0.424. The molecular weight excluding hydrogens is 515 g/mol. The second-order valence-corrected chi connectivity index (χ2v) is 10.8. The van der Waals surface area contributed by atoms with Gasteiger partial charge in [0.2, 0.25) is 0 Å². The van der Waals surface area contributed by atoms with Gasteiger partial charge in [-0.15, -0.1) is 5.11 Å². The third-order valence-electron chi connectivity index (χ3n) is 6.90. The van der Waals surface area contributed by atoms with E-state index in [1.807, 2.05) is 12.1 Å². The number of halogens is 2. The molecule has 37 heavy (non-hydrogen) atoms. The maximum atomic E-state index is 14.7. The van der Waals surface area contributed by atoms with Gasteiger partial charge in [-0.1, -0.05) is 34.2 Å². The van der Waals surface area contributed by atoms with Gasteiger partial charge in [0.15, 0.2) is 11.0 Å². The summed E-state index contributed by atoms with van der Waals surface area (Å²) in [5, 5.41) is 16.4. The average Bonchev–Trinajstić information content (AvgIpc) is 3.53. The van der Waals surface area contributed by atoms with Crippen LogP contribution in [0, 0.1) is 16.8 Å². The van der Waals surface area contributed by atoms with E-state index in [2.05, 4.69) is 15.2 Å². The van der Waals surface area contributed by atoms with Crippen molar-refractivity contribution >= 4 is 44.1 Å². The van der Waals surface area contributed by atoms with Crippen LogP contribution in [-0.4, -0.2) is 35.2 Å². The first-order valence-electron chi connectivity index (χ1n) is 12.2. The molecule has 0 amide bonds. The smallest absolute Gasteiger partial charge is 0.186 e. The summed E-state index contributed by atoms with van der Waals surface area (Å²) < 4.78 is 27.6. The number of rotatable bonds is 7. The first-order valence-corrected chi connectivity index (χ1v) is 13.4. The number of fused-ring (bicyclic) bond motifs is 1. The van der Waals surface area contributed by atoms with E-state index in [1.165, 1.54) is 6.07 Å². The zero-order chi connectivity index (χ0) is 25.5. The van der Waals surface area contributed by atoms with E-state index in [0.717, 1.165) is 65.4 Å². The summed E-state index contributed by atoms with van der Waals surface area (Å²) >= 11 is 7.91. The number of nitrogens with zero attached hydrogens (tertiary/aromatic N) is 4. The van der Waals surface area contributed by atoms with E-state index in [9.17, 15) is 4.39 Å². The van der Waals surface area contributed by atoms with Crippen LogP contribution in [0.25, 0.3) is 21.5 Å². The highest BCUT2D eigenvalue weighted by Crippen LogP contribution is 2.45. The van der Waals surface area contributed by atoms with Crippen LogP contribution >= 0.6 is 22.9 Å². The molecule has 0 atom stereocenters. The van der Waals surface area contributed by atoms with E-state index >= 15 is 0 Å². The predicted octanol–water partition coefficient (Wildman–Crippen LogP) is 7.16. The molecule has 2 aromatic heterocycles.